The zero-order chi connectivity index (χ0) is 14.4. The Kier molecular flexibility index (Phi) is 5.12. The van der Waals surface area contributed by atoms with Gasteiger partial charge in [0.2, 0.25) is 11.8 Å². The summed E-state index contributed by atoms with van der Waals surface area (Å²) in [6, 6.07) is 7.10. The third-order valence-electron chi connectivity index (χ3n) is 3.20. The van der Waals surface area contributed by atoms with E-state index in [1.165, 1.54) is 0 Å². The zero-order valence-corrected chi connectivity index (χ0v) is 11.4. The second kappa shape index (κ2) is 7.05. The van der Waals surface area contributed by atoms with Gasteiger partial charge in [0.15, 0.2) is 0 Å². The topological polar surface area (TPSA) is 78.4 Å². The molecule has 0 unspecified atom stereocenters. The van der Waals surface area contributed by atoms with Crippen LogP contribution in [-0.4, -0.2) is 23.5 Å². The maximum atomic E-state index is 11.6. The third kappa shape index (κ3) is 4.66. The summed E-state index contributed by atoms with van der Waals surface area (Å²) in [6.07, 6.45) is 3.68. The van der Waals surface area contributed by atoms with Crippen molar-refractivity contribution in [3.8, 4) is 0 Å². The number of anilines is 2. The van der Waals surface area contributed by atoms with E-state index in [-0.39, 0.29) is 24.3 Å². The molecule has 0 aliphatic heterocycles. The van der Waals surface area contributed by atoms with Crippen LogP contribution in [0.4, 0.5) is 11.4 Å². The fourth-order valence-electron chi connectivity index (χ4n) is 1.85. The normalized spacial score (nSPS) is 13.8. The Morgan fingerprint density at radius 2 is 1.65 bits per heavy atom. The summed E-state index contributed by atoms with van der Waals surface area (Å²) in [5.41, 5.74) is 1.46. The first kappa shape index (κ1) is 14.5. The highest BCUT2D eigenvalue weighted by Gasteiger charge is 2.29. The van der Waals surface area contributed by atoms with Gasteiger partial charge in [0.1, 0.15) is 0 Å². The van der Waals surface area contributed by atoms with E-state index in [4.69, 9.17) is 5.11 Å². The van der Waals surface area contributed by atoms with Gasteiger partial charge in [0.05, 0.1) is 0 Å². The van der Waals surface area contributed by atoms with Gasteiger partial charge in [0.25, 0.3) is 0 Å². The summed E-state index contributed by atoms with van der Waals surface area (Å²) in [6.45, 7) is 0.114. The first-order valence-electron chi connectivity index (χ1n) is 7.00. The number of aliphatic hydroxyl groups is 1. The predicted molar refractivity (Wildman–Crippen MR) is 77.4 cm³/mol. The third-order valence-corrected chi connectivity index (χ3v) is 3.20. The minimum absolute atomic E-state index is 0.0618. The number of carbonyl (C=O) groups excluding carboxylic acids is 2. The van der Waals surface area contributed by atoms with E-state index in [9.17, 15) is 9.59 Å². The van der Waals surface area contributed by atoms with Gasteiger partial charge in [-0.25, -0.2) is 0 Å². The quantitative estimate of drug-likeness (QED) is 0.668. The van der Waals surface area contributed by atoms with Gasteiger partial charge in [0, 0.05) is 30.3 Å². The molecular formula is C15H20N2O3. The van der Waals surface area contributed by atoms with Crippen LogP contribution < -0.4 is 10.6 Å². The second-order valence-electron chi connectivity index (χ2n) is 5.07. The summed E-state index contributed by atoms with van der Waals surface area (Å²) in [7, 11) is 0. The molecule has 0 radical (unpaired) electrons. The maximum absolute atomic E-state index is 11.6. The van der Waals surface area contributed by atoms with Gasteiger partial charge >= 0.3 is 0 Å². The lowest BCUT2D eigenvalue weighted by Crippen LogP contribution is -2.14. The molecule has 2 amide bonds. The van der Waals surface area contributed by atoms with Crippen LogP contribution >= 0.6 is 0 Å². The molecule has 1 aromatic rings. The molecule has 3 N–H and O–H groups in total. The van der Waals surface area contributed by atoms with Crippen LogP contribution in [0.25, 0.3) is 0 Å². The number of carbonyl (C=O) groups is 2. The fraction of sp³-hybridized carbons (Fsp3) is 0.467. The Bertz CT molecular complexity index is 467. The molecule has 1 fully saturated rings. The van der Waals surface area contributed by atoms with Crippen molar-refractivity contribution in [2.75, 3.05) is 17.2 Å². The van der Waals surface area contributed by atoms with E-state index in [0.717, 1.165) is 18.5 Å². The Hall–Kier alpha value is -1.88. The summed E-state index contributed by atoms with van der Waals surface area (Å²) in [5.74, 6) is 0.194. The molecule has 5 heteroatoms. The van der Waals surface area contributed by atoms with Crippen molar-refractivity contribution in [1.82, 2.24) is 0 Å². The van der Waals surface area contributed by atoms with Crippen molar-refractivity contribution in [1.29, 1.82) is 0 Å². The number of aliphatic hydroxyl groups excluding tert-OH is 1. The van der Waals surface area contributed by atoms with Crippen LogP contribution in [0.15, 0.2) is 24.3 Å². The Labute approximate surface area is 118 Å². The van der Waals surface area contributed by atoms with E-state index in [0.29, 0.717) is 24.9 Å². The standard InChI is InChI=1S/C15H20N2O3/c18-10-2-1-3-14(19)16-12-6-8-13(9-7-12)17-15(20)11-4-5-11/h6-9,11,18H,1-5,10H2,(H,16,19)(H,17,20). The number of rotatable bonds is 7. The number of amides is 2. The molecular weight excluding hydrogens is 256 g/mol. The molecule has 0 saturated heterocycles. The van der Waals surface area contributed by atoms with E-state index >= 15 is 0 Å². The highest BCUT2D eigenvalue weighted by Crippen LogP contribution is 2.30. The van der Waals surface area contributed by atoms with Gasteiger partial charge < -0.3 is 15.7 Å². The number of benzene rings is 1. The number of hydrogen-bond donors (Lipinski definition) is 3. The summed E-state index contributed by atoms with van der Waals surface area (Å²) >= 11 is 0. The summed E-state index contributed by atoms with van der Waals surface area (Å²) < 4.78 is 0. The first-order valence-corrected chi connectivity index (χ1v) is 7.00. The van der Waals surface area contributed by atoms with Gasteiger partial charge in [-0.3, -0.25) is 9.59 Å². The predicted octanol–water partition coefficient (Wildman–Crippen LogP) is 2.14. The lowest BCUT2D eigenvalue weighted by Gasteiger charge is -2.07. The zero-order valence-electron chi connectivity index (χ0n) is 11.4. The van der Waals surface area contributed by atoms with Crippen LogP contribution in [0.1, 0.15) is 32.1 Å². The number of nitrogens with one attached hydrogen (secondary N) is 2. The van der Waals surface area contributed by atoms with Crippen molar-refractivity contribution >= 4 is 23.2 Å². The van der Waals surface area contributed by atoms with E-state index < -0.39 is 0 Å². The molecule has 108 valence electrons. The van der Waals surface area contributed by atoms with Crippen molar-refractivity contribution < 1.29 is 14.7 Å². The van der Waals surface area contributed by atoms with E-state index in [1.54, 1.807) is 24.3 Å². The molecule has 0 atom stereocenters. The highest BCUT2D eigenvalue weighted by atomic mass is 16.3. The lowest BCUT2D eigenvalue weighted by molar-refractivity contribution is -0.117. The molecule has 1 aliphatic carbocycles. The molecule has 0 heterocycles. The molecule has 1 saturated carbocycles. The minimum atomic E-state index is -0.0618. The SMILES string of the molecule is O=C(CCCCO)Nc1ccc(NC(=O)C2CC2)cc1. The Balaban J connectivity index is 1.78. The molecule has 2 rings (SSSR count). The Morgan fingerprint density at radius 1 is 1.05 bits per heavy atom. The molecule has 1 aliphatic rings. The van der Waals surface area contributed by atoms with Gasteiger partial charge in [-0.15, -0.1) is 0 Å². The Morgan fingerprint density at radius 3 is 2.20 bits per heavy atom. The molecule has 5 nitrogen and oxygen atoms in total. The number of hydrogen-bond acceptors (Lipinski definition) is 3. The average molecular weight is 276 g/mol. The summed E-state index contributed by atoms with van der Waals surface area (Å²) in [5, 5.41) is 14.3. The van der Waals surface area contributed by atoms with Gasteiger partial charge in [-0.1, -0.05) is 0 Å². The molecule has 1 aromatic carbocycles. The highest BCUT2D eigenvalue weighted by molar-refractivity contribution is 5.95. The number of unbranched alkanes of at least 4 members (excludes halogenated alkanes) is 1. The van der Waals surface area contributed by atoms with Crippen LogP contribution in [0, 0.1) is 5.92 Å². The van der Waals surface area contributed by atoms with Crippen molar-refractivity contribution in [2.24, 2.45) is 5.92 Å². The van der Waals surface area contributed by atoms with Crippen LogP contribution in [0.2, 0.25) is 0 Å². The van der Waals surface area contributed by atoms with E-state index in [2.05, 4.69) is 10.6 Å². The van der Waals surface area contributed by atoms with Crippen LogP contribution in [0.3, 0.4) is 0 Å². The minimum Gasteiger partial charge on any atom is -0.396 e. The van der Waals surface area contributed by atoms with Crippen molar-refractivity contribution in [3.05, 3.63) is 24.3 Å². The molecule has 0 bridgehead atoms. The van der Waals surface area contributed by atoms with Gasteiger partial charge in [-0.05, 0) is 49.9 Å². The second-order valence-corrected chi connectivity index (χ2v) is 5.07. The van der Waals surface area contributed by atoms with E-state index in [1.807, 2.05) is 0 Å². The monoisotopic (exact) mass is 276 g/mol. The summed E-state index contributed by atoms with van der Waals surface area (Å²) in [4.78, 5) is 23.2. The van der Waals surface area contributed by atoms with Gasteiger partial charge in [-0.2, -0.15) is 0 Å². The van der Waals surface area contributed by atoms with Crippen molar-refractivity contribution in [3.63, 3.8) is 0 Å². The smallest absolute Gasteiger partial charge is 0.227 e. The van der Waals surface area contributed by atoms with Crippen LogP contribution in [0.5, 0.6) is 0 Å². The average Bonchev–Trinajstić information content (AvgIpc) is 3.26. The van der Waals surface area contributed by atoms with Crippen LogP contribution in [-0.2, 0) is 9.59 Å². The molecule has 0 aromatic heterocycles. The first-order chi connectivity index (χ1) is 9.69. The fourth-order valence-corrected chi connectivity index (χ4v) is 1.85. The van der Waals surface area contributed by atoms with Crippen molar-refractivity contribution in [2.45, 2.75) is 32.1 Å². The lowest BCUT2D eigenvalue weighted by atomic mass is 10.2. The maximum Gasteiger partial charge on any atom is 0.227 e. The molecule has 0 spiro atoms. The molecule has 20 heavy (non-hydrogen) atoms. The largest absolute Gasteiger partial charge is 0.396 e.